The Morgan fingerprint density at radius 3 is 0.754 bits per heavy atom. The average Bonchev–Trinajstić information content (AvgIpc) is 3.11. The van der Waals surface area contributed by atoms with Gasteiger partial charge >= 0.3 is 97.4 Å². The van der Waals surface area contributed by atoms with Gasteiger partial charge in [-0.25, -0.2) is 9.59 Å². The van der Waals surface area contributed by atoms with Gasteiger partial charge in [0.15, 0.2) is 0 Å². The third-order valence-electron chi connectivity index (χ3n) is 5.46. The Kier molecular flexibility index (Phi) is 15.8. The summed E-state index contributed by atoms with van der Waals surface area (Å²) in [4.78, 5) is 46.3. The molecule has 0 atom stereocenters. The van der Waals surface area contributed by atoms with Crippen LogP contribution in [0, 0.1) is 0 Å². The van der Waals surface area contributed by atoms with Crippen molar-refractivity contribution in [2.24, 2.45) is 0 Å². The summed E-state index contributed by atoms with van der Waals surface area (Å²) in [5, 5.41) is 17.7. The number of pyridine rings is 6. The quantitative estimate of drug-likeness (QED) is 0.0970. The summed E-state index contributed by atoms with van der Waals surface area (Å²) in [5.41, 5.74) is 4.44. The van der Waals surface area contributed by atoms with Crippen LogP contribution in [0.4, 0.5) is 50.4 Å². The average molecular weight is 948 g/mol. The first-order chi connectivity index (χ1) is 25.4. The minimum atomic E-state index is -10.7. The Balaban J connectivity index is 0.000000372. The van der Waals surface area contributed by atoms with Gasteiger partial charge in [-0.2, -0.15) is 0 Å². The second-order valence-electron chi connectivity index (χ2n) is 10.2. The van der Waals surface area contributed by atoms with Crippen LogP contribution < -0.4 is 0 Å². The number of aromatic nitrogens is 6. The molecule has 6 aromatic heterocycles. The minimum Gasteiger partial charge on any atom is -0.478 e. The number of hydrogen-bond donors (Lipinski definition) is 2. The summed E-state index contributed by atoms with van der Waals surface area (Å²) in [6.45, 7) is 0. The Morgan fingerprint density at radius 1 is 0.368 bits per heavy atom. The summed E-state index contributed by atoms with van der Waals surface area (Å²) >= 11 is 0. The van der Waals surface area contributed by atoms with Gasteiger partial charge in [-0.15, -0.1) is 0 Å². The van der Waals surface area contributed by atoms with Crippen molar-refractivity contribution >= 4 is 27.6 Å². The summed E-state index contributed by atoms with van der Waals surface area (Å²) in [6, 6.07) is 28.6. The van der Waals surface area contributed by atoms with Crippen molar-refractivity contribution in [3.05, 3.63) is 145 Å². The number of carbonyl (C=O) groups is 2. The Bertz CT molecular complexity index is 1950. The molecule has 308 valence electrons. The van der Waals surface area contributed by atoms with Gasteiger partial charge in [-0.05, 0) is 72.8 Å². The number of nitrogens with zero attached hydrogens (tertiary/aromatic N) is 6. The number of carboxylic acids is 2. The summed E-state index contributed by atoms with van der Waals surface area (Å²) in [6.07, 6.45) is 9.75. The fourth-order valence-electron chi connectivity index (χ4n) is 3.46. The van der Waals surface area contributed by atoms with E-state index in [1.807, 2.05) is 72.8 Å². The first-order valence-electron chi connectivity index (χ1n) is 14.6. The van der Waals surface area contributed by atoms with E-state index in [1.165, 1.54) is 36.7 Å². The van der Waals surface area contributed by atoms with E-state index in [0.717, 1.165) is 22.8 Å². The fourth-order valence-corrected chi connectivity index (χ4v) is 3.46. The third kappa shape index (κ3) is 26.8. The van der Waals surface area contributed by atoms with Gasteiger partial charge in [0.05, 0.1) is 45.3 Å². The zero-order valence-corrected chi connectivity index (χ0v) is 31.4. The standard InChI is InChI=1S/C12H8N2O4.2C10H8N2.2F6P.Ru/c15-11(16)7-1-3-13-9(5-7)10-6-8(12(17)18)2-4-14-10;2*1-3-7-11-9(5-1)10-6-2-4-8-12-10;2*1-7(2,3,4,5)6;/h1-6H,(H,15,16)(H,17,18);2*1-8H;;;/q;;;2*-1;+2. The van der Waals surface area contributed by atoms with E-state index < -0.39 is 27.6 Å². The molecule has 0 aliphatic heterocycles. The van der Waals surface area contributed by atoms with E-state index >= 15 is 0 Å². The van der Waals surface area contributed by atoms with E-state index in [9.17, 15) is 60.0 Å². The number of carboxylic acid groups (broad SMARTS) is 2. The van der Waals surface area contributed by atoms with Crippen LogP contribution >= 0.6 is 15.6 Å². The molecule has 10 nitrogen and oxygen atoms in total. The maximum atomic E-state index is 10.8. The second-order valence-corrected chi connectivity index (χ2v) is 14.1. The maximum Gasteiger partial charge on any atom is 2.00 e. The van der Waals surface area contributed by atoms with Gasteiger partial charge in [0.25, 0.3) is 0 Å². The molecule has 0 amide bonds. The molecule has 6 heterocycles. The normalized spacial score (nSPS) is 12.9. The van der Waals surface area contributed by atoms with Crippen LogP contribution in [0.3, 0.4) is 0 Å². The fraction of sp³-hybridized carbons (Fsp3) is 0. The van der Waals surface area contributed by atoms with Gasteiger partial charge in [-0.1, -0.05) is 24.3 Å². The van der Waals surface area contributed by atoms with E-state index in [2.05, 4.69) is 29.9 Å². The predicted octanol–water partition coefficient (Wildman–Crippen LogP) is 12.6. The SMILES string of the molecule is F[P-](F)(F)(F)(F)F.F[P-](F)(F)(F)(F)F.O=C(O)c1ccnc(-c2cc(C(=O)O)ccn2)c1.[Ru+2].c1ccc(-c2ccccn2)nc1.c1ccc(-c2ccccn2)nc1. The van der Waals surface area contributed by atoms with Crippen LogP contribution in [-0.4, -0.2) is 52.1 Å². The molecule has 0 saturated carbocycles. The van der Waals surface area contributed by atoms with Gasteiger partial charge in [0.1, 0.15) is 0 Å². The monoisotopic (exact) mass is 948 g/mol. The number of rotatable bonds is 5. The molecule has 25 heteroatoms. The van der Waals surface area contributed by atoms with Crippen LogP contribution in [0.5, 0.6) is 0 Å². The van der Waals surface area contributed by atoms with E-state index in [4.69, 9.17) is 10.2 Å². The Labute approximate surface area is 326 Å². The molecular formula is C32H24F12N6O4P2Ru. The van der Waals surface area contributed by atoms with Crippen LogP contribution in [-0.2, 0) is 19.5 Å². The van der Waals surface area contributed by atoms with Crippen molar-refractivity contribution < 1.29 is 89.6 Å². The van der Waals surface area contributed by atoms with Crippen molar-refractivity contribution in [2.75, 3.05) is 0 Å². The summed E-state index contributed by atoms with van der Waals surface area (Å²) in [5.74, 6) is -2.15. The molecule has 0 aromatic carbocycles. The van der Waals surface area contributed by atoms with Gasteiger partial charge in [0, 0.05) is 37.2 Å². The Hall–Kier alpha value is -5.52. The van der Waals surface area contributed by atoms with Crippen LogP contribution in [0.1, 0.15) is 20.7 Å². The summed E-state index contributed by atoms with van der Waals surface area (Å²) in [7, 11) is -21.3. The maximum absolute atomic E-state index is 10.8. The molecule has 0 radical (unpaired) electrons. The van der Waals surface area contributed by atoms with Crippen LogP contribution in [0.2, 0.25) is 0 Å². The van der Waals surface area contributed by atoms with Crippen molar-refractivity contribution in [2.45, 2.75) is 0 Å². The molecule has 6 rings (SSSR count). The van der Waals surface area contributed by atoms with E-state index in [0.29, 0.717) is 11.4 Å². The van der Waals surface area contributed by atoms with Crippen molar-refractivity contribution in [3.63, 3.8) is 0 Å². The third-order valence-corrected chi connectivity index (χ3v) is 5.46. The first-order valence-corrected chi connectivity index (χ1v) is 18.6. The molecular weight excluding hydrogens is 923 g/mol. The summed E-state index contributed by atoms with van der Waals surface area (Å²) < 4.78 is 118. The van der Waals surface area contributed by atoms with E-state index in [-0.39, 0.29) is 30.6 Å². The van der Waals surface area contributed by atoms with Crippen LogP contribution in [0.25, 0.3) is 34.2 Å². The molecule has 0 unspecified atom stereocenters. The van der Waals surface area contributed by atoms with Gasteiger partial charge < -0.3 is 10.2 Å². The van der Waals surface area contributed by atoms with Gasteiger partial charge in [-0.3, -0.25) is 29.9 Å². The topological polar surface area (TPSA) is 152 Å². The predicted molar refractivity (Wildman–Crippen MR) is 183 cm³/mol. The minimum absolute atomic E-state index is 0. The molecule has 0 fully saturated rings. The number of aromatic carboxylic acids is 2. The largest absolute Gasteiger partial charge is 2.00 e. The molecule has 0 saturated heterocycles. The van der Waals surface area contributed by atoms with Crippen molar-refractivity contribution in [3.8, 4) is 34.2 Å². The zero-order valence-electron chi connectivity index (χ0n) is 27.9. The molecule has 57 heavy (non-hydrogen) atoms. The van der Waals surface area contributed by atoms with Gasteiger partial charge in [0.2, 0.25) is 0 Å². The molecule has 0 spiro atoms. The molecule has 0 bridgehead atoms. The second kappa shape index (κ2) is 18.2. The molecule has 2 N–H and O–H groups in total. The first kappa shape index (κ1) is 49.5. The molecule has 0 aliphatic carbocycles. The van der Waals surface area contributed by atoms with Crippen molar-refractivity contribution in [1.29, 1.82) is 0 Å². The molecule has 6 aromatic rings. The van der Waals surface area contributed by atoms with E-state index in [1.54, 1.807) is 24.8 Å². The number of hydrogen-bond acceptors (Lipinski definition) is 8. The Morgan fingerprint density at radius 2 is 0.579 bits per heavy atom. The molecule has 0 aliphatic rings. The smallest absolute Gasteiger partial charge is 0.478 e. The van der Waals surface area contributed by atoms with Crippen LogP contribution in [0.15, 0.2) is 134 Å². The number of halogens is 12. The zero-order chi connectivity index (χ0) is 42.4. The van der Waals surface area contributed by atoms with Crippen molar-refractivity contribution in [1.82, 2.24) is 29.9 Å².